The van der Waals surface area contributed by atoms with Crippen LogP contribution in [-0.4, -0.2) is 61.6 Å². The van der Waals surface area contributed by atoms with E-state index >= 15 is 0 Å². The molecule has 0 saturated carbocycles. The monoisotopic (exact) mass is 298 g/mol. The zero-order chi connectivity index (χ0) is 15.9. The van der Waals surface area contributed by atoms with Gasteiger partial charge in [0.05, 0.1) is 13.0 Å². The maximum Gasteiger partial charge on any atom is 0.224 e. The molecule has 0 unspecified atom stereocenters. The molecule has 21 heavy (non-hydrogen) atoms. The van der Waals surface area contributed by atoms with Crippen LogP contribution in [0, 0.1) is 11.3 Å². The lowest BCUT2D eigenvalue weighted by atomic mass is 9.92. The molecule has 0 spiro atoms. The molecule has 0 N–H and O–H groups in total. The van der Waals surface area contributed by atoms with Crippen molar-refractivity contribution in [1.82, 2.24) is 9.80 Å². The first-order chi connectivity index (χ1) is 9.78. The van der Waals surface area contributed by atoms with Gasteiger partial charge in [0.15, 0.2) is 0 Å². The molecule has 0 aromatic heterocycles. The Morgan fingerprint density at radius 3 is 2.29 bits per heavy atom. The van der Waals surface area contributed by atoms with E-state index in [1.807, 2.05) is 4.90 Å². The van der Waals surface area contributed by atoms with Gasteiger partial charge in [0, 0.05) is 32.8 Å². The Balaban J connectivity index is 2.15. The Labute approximate surface area is 130 Å². The van der Waals surface area contributed by atoms with Crippen molar-refractivity contribution in [2.75, 3.05) is 45.9 Å². The van der Waals surface area contributed by atoms with Crippen molar-refractivity contribution in [3.63, 3.8) is 0 Å². The first-order valence-corrected chi connectivity index (χ1v) is 8.36. The van der Waals surface area contributed by atoms with E-state index in [-0.39, 0.29) is 5.91 Å². The van der Waals surface area contributed by atoms with Gasteiger partial charge in [-0.2, -0.15) is 0 Å². The lowest BCUT2D eigenvalue weighted by molar-refractivity contribution is -0.134. The van der Waals surface area contributed by atoms with Gasteiger partial charge >= 0.3 is 0 Å². The van der Waals surface area contributed by atoms with E-state index in [0.29, 0.717) is 24.4 Å². The average molecular weight is 298 g/mol. The first kappa shape index (κ1) is 18.4. The summed E-state index contributed by atoms with van der Waals surface area (Å²) in [6, 6.07) is 0. The Kier molecular flexibility index (Phi) is 7.67. The molecule has 1 saturated heterocycles. The third-order valence-corrected chi connectivity index (χ3v) is 3.81. The predicted octanol–water partition coefficient (Wildman–Crippen LogP) is 2.63. The number of nitrogens with zero attached hydrogens (tertiary/aromatic N) is 2. The smallest absolute Gasteiger partial charge is 0.224 e. The van der Waals surface area contributed by atoms with E-state index < -0.39 is 0 Å². The number of carbonyl (C=O) groups is 1. The lowest BCUT2D eigenvalue weighted by Crippen LogP contribution is -2.49. The minimum absolute atomic E-state index is 0.245. The fourth-order valence-electron chi connectivity index (χ4n) is 2.35. The van der Waals surface area contributed by atoms with Gasteiger partial charge in [-0.25, -0.2) is 0 Å². The highest BCUT2D eigenvalue weighted by molar-refractivity contribution is 5.76. The second-order valence-corrected chi connectivity index (χ2v) is 7.75. The summed E-state index contributed by atoms with van der Waals surface area (Å²) in [5, 5.41) is 0. The molecule has 4 heteroatoms. The van der Waals surface area contributed by atoms with Crippen LogP contribution in [0.1, 0.15) is 47.5 Å². The second-order valence-electron chi connectivity index (χ2n) is 7.75. The predicted molar refractivity (Wildman–Crippen MR) is 87.4 cm³/mol. The fraction of sp³-hybridized carbons (Fsp3) is 0.941. The Bertz CT molecular complexity index is 302. The zero-order valence-corrected chi connectivity index (χ0v) is 14.7. The summed E-state index contributed by atoms with van der Waals surface area (Å²) in [4.78, 5) is 16.6. The summed E-state index contributed by atoms with van der Waals surface area (Å²) >= 11 is 0. The van der Waals surface area contributed by atoms with E-state index in [4.69, 9.17) is 4.74 Å². The number of carbonyl (C=O) groups excluding carboxylic acids is 1. The number of hydrogen-bond acceptors (Lipinski definition) is 3. The van der Waals surface area contributed by atoms with E-state index in [0.717, 1.165) is 39.3 Å². The number of amides is 1. The third-order valence-electron chi connectivity index (χ3n) is 3.81. The summed E-state index contributed by atoms with van der Waals surface area (Å²) in [6.07, 6.45) is 1.73. The van der Waals surface area contributed by atoms with E-state index in [1.54, 1.807) is 0 Å². The number of rotatable bonds is 7. The molecule has 124 valence electrons. The van der Waals surface area contributed by atoms with Crippen molar-refractivity contribution in [1.29, 1.82) is 0 Å². The van der Waals surface area contributed by atoms with Crippen LogP contribution >= 0.6 is 0 Å². The topological polar surface area (TPSA) is 32.8 Å². The molecule has 0 atom stereocenters. The minimum atomic E-state index is 0.245. The molecule has 0 radical (unpaired) electrons. The van der Waals surface area contributed by atoms with Crippen LogP contribution in [-0.2, 0) is 9.53 Å². The van der Waals surface area contributed by atoms with Crippen molar-refractivity contribution in [2.45, 2.75) is 47.5 Å². The number of hydrogen-bond donors (Lipinski definition) is 0. The molecule has 1 amide bonds. The molecule has 0 aromatic rings. The van der Waals surface area contributed by atoms with Crippen molar-refractivity contribution < 1.29 is 9.53 Å². The highest BCUT2D eigenvalue weighted by Gasteiger charge is 2.21. The quantitative estimate of drug-likeness (QED) is 0.677. The van der Waals surface area contributed by atoms with Crippen LogP contribution in [0.15, 0.2) is 0 Å². The van der Waals surface area contributed by atoms with Crippen molar-refractivity contribution >= 4 is 5.91 Å². The number of ether oxygens (including phenoxy) is 1. The normalized spacial score (nSPS) is 17.5. The van der Waals surface area contributed by atoms with Gasteiger partial charge in [-0.3, -0.25) is 9.69 Å². The van der Waals surface area contributed by atoms with Gasteiger partial charge in [0.25, 0.3) is 0 Å². The van der Waals surface area contributed by atoms with E-state index in [1.165, 1.54) is 6.42 Å². The molecule has 1 rings (SSSR count). The maximum absolute atomic E-state index is 12.1. The Morgan fingerprint density at radius 2 is 1.76 bits per heavy atom. The maximum atomic E-state index is 12.1. The van der Waals surface area contributed by atoms with Crippen molar-refractivity contribution in [3.05, 3.63) is 0 Å². The lowest BCUT2D eigenvalue weighted by Gasteiger charge is -2.36. The van der Waals surface area contributed by atoms with Crippen LogP contribution in [0.4, 0.5) is 0 Å². The molecular formula is C17H34N2O2. The van der Waals surface area contributed by atoms with Crippen LogP contribution in [0.2, 0.25) is 0 Å². The summed E-state index contributed by atoms with van der Waals surface area (Å²) in [7, 11) is 0. The molecule has 1 aliphatic rings. The molecule has 4 nitrogen and oxygen atoms in total. The summed E-state index contributed by atoms with van der Waals surface area (Å²) in [6.45, 7) is 17.3. The SMILES string of the molecule is CC(C)COCCC(=O)N1CCN(CCC(C)(C)C)CC1. The fourth-order valence-corrected chi connectivity index (χ4v) is 2.35. The molecule has 0 bridgehead atoms. The third kappa shape index (κ3) is 8.42. The first-order valence-electron chi connectivity index (χ1n) is 8.36. The van der Waals surface area contributed by atoms with Crippen molar-refractivity contribution in [3.8, 4) is 0 Å². The van der Waals surface area contributed by atoms with Gasteiger partial charge in [0.2, 0.25) is 5.91 Å². The molecule has 1 heterocycles. The van der Waals surface area contributed by atoms with E-state index in [9.17, 15) is 4.79 Å². The van der Waals surface area contributed by atoms with E-state index in [2.05, 4.69) is 39.5 Å². The Morgan fingerprint density at radius 1 is 1.14 bits per heavy atom. The number of piperazine rings is 1. The van der Waals surface area contributed by atoms with Gasteiger partial charge in [-0.05, 0) is 24.3 Å². The molecular weight excluding hydrogens is 264 g/mol. The highest BCUT2D eigenvalue weighted by Crippen LogP contribution is 2.19. The summed E-state index contributed by atoms with van der Waals surface area (Å²) in [5.41, 5.74) is 0.390. The van der Waals surface area contributed by atoms with Crippen LogP contribution in [0.3, 0.4) is 0 Å². The molecule has 0 aromatic carbocycles. The average Bonchev–Trinajstić information content (AvgIpc) is 2.40. The van der Waals surface area contributed by atoms with Gasteiger partial charge in [-0.1, -0.05) is 34.6 Å². The highest BCUT2D eigenvalue weighted by atomic mass is 16.5. The van der Waals surface area contributed by atoms with Gasteiger partial charge in [-0.15, -0.1) is 0 Å². The molecule has 1 aliphatic heterocycles. The Hall–Kier alpha value is -0.610. The van der Waals surface area contributed by atoms with Crippen LogP contribution in [0.25, 0.3) is 0 Å². The summed E-state index contributed by atoms with van der Waals surface area (Å²) < 4.78 is 5.50. The molecule has 0 aliphatic carbocycles. The standard InChI is InChI=1S/C17H34N2O2/c1-15(2)14-21-13-6-16(20)19-11-9-18(10-12-19)8-7-17(3,4)5/h15H,6-14H2,1-5H3. The summed E-state index contributed by atoms with van der Waals surface area (Å²) in [5.74, 6) is 0.778. The largest absolute Gasteiger partial charge is 0.381 e. The van der Waals surface area contributed by atoms with Crippen LogP contribution in [0.5, 0.6) is 0 Å². The van der Waals surface area contributed by atoms with Gasteiger partial charge < -0.3 is 9.64 Å². The minimum Gasteiger partial charge on any atom is -0.381 e. The second kappa shape index (κ2) is 8.74. The van der Waals surface area contributed by atoms with Gasteiger partial charge in [0.1, 0.15) is 0 Å². The van der Waals surface area contributed by atoms with Crippen molar-refractivity contribution in [2.24, 2.45) is 11.3 Å². The zero-order valence-electron chi connectivity index (χ0n) is 14.7. The molecule has 1 fully saturated rings. The van der Waals surface area contributed by atoms with Crippen LogP contribution < -0.4 is 0 Å².